The lowest BCUT2D eigenvalue weighted by molar-refractivity contribution is 0.747. The van der Waals surface area contributed by atoms with Gasteiger partial charge in [0.25, 0.3) is 0 Å². The van der Waals surface area contributed by atoms with Gasteiger partial charge in [-0.15, -0.1) is 11.8 Å². The minimum atomic E-state index is -0.152. The third-order valence-electron chi connectivity index (χ3n) is 1.86. The van der Waals surface area contributed by atoms with Gasteiger partial charge in [0.15, 0.2) is 0 Å². The van der Waals surface area contributed by atoms with Crippen molar-refractivity contribution in [1.29, 1.82) is 5.26 Å². The third kappa shape index (κ3) is 2.76. The maximum Gasteiger partial charge on any atom is 0.0641 e. The number of nitrogens with zero attached hydrogens (tertiary/aromatic N) is 1. The molecule has 0 fully saturated rings. The maximum atomic E-state index is 8.46. The molecule has 0 aliphatic carbocycles. The summed E-state index contributed by atoms with van der Waals surface area (Å²) in [5.41, 5.74) is 6.79. The third-order valence-corrected chi connectivity index (χ3v) is 2.60. The Balaban J connectivity index is 2.74. The Morgan fingerprint density at radius 3 is 2.54 bits per heavy atom. The average Bonchev–Trinajstić information content (AvgIpc) is 2.18. The molecule has 1 aromatic rings. The molecule has 68 valence electrons. The SMILES string of the molecule is CSc1ccc(C(N)CC#N)cc1. The summed E-state index contributed by atoms with van der Waals surface area (Å²) in [4.78, 5) is 1.22. The van der Waals surface area contributed by atoms with Gasteiger partial charge in [-0.05, 0) is 24.0 Å². The van der Waals surface area contributed by atoms with Gasteiger partial charge < -0.3 is 5.73 Å². The molecular weight excluding hydrogens is 180 g/mol. The van der Waals surface area contributed by atoms with Gasteiger partial charge in [0.1, 0.15) is 0 Å². The van der Waals surface area contributed by atoms with Crippen LogP contribution in [-0.4, -0.2) is 6.26 Å². The standard InChI is InChI=1S/C10H12N2S/c1-13-9-4-2-8(3-5-9)10(12)6-7-11/h2-5,10H,6,12H2,1H3. The van der Waals surface area contributed by atoms with Crippen molar-refractivity contribution >= 4 is 11.8 Å². The molecule has 0 radical (unpaired) electrons. The normalized spacial score (nSPS) is 12.1. The first-order valence-electron chi connectivity index (χ1n) is 4.04. The molecule has 0 spiro atoms. The van der Waals surface area contributed by atoms with E-state index in [4.69, 9.17) is 11.0 Å². The fourth-order valence-electron chi connectivity index (χ4n) is 1.07. The number of nitrogens with two attached hydrogens (primary N) is 1. The number of nitriles is 1. The highest BCUT2D eigenvalue weighted by Crippen LogP contribution is 2.19. The van der Waals surface area contributed by atoms with Gasteiger partial charge in [-0.1, -0.05) is 12.1 Å². The van der Waals surface area contributed by atoms with Gasteiger partial charge >= 0.3 is 0 Å². The fraction of sp³-hybridized carbons (Fsp3) is 0.300. The monoisotopic (exact) mass is 192 g/mol. The van der Waals surface area contributed by atoms with E-state index in [2.05, 4.69) is 6.07 Å². The Labute approximate surface area is 82.7 Å². The van der Waals surface area contributed by atoms with Crippen molar-refractivity contribution in [1.82, 2.24) is 0 Å². The van der Waals surface area contributed by atoms with E-state index >= 15 is 0 Å². The van der Waals surface area contributed by atoms with Crippen molar-refractivity contribution in [2.24, 2.45) is 5.73 Å². The molecule has 0 saturated heterocycles. The minimum Gasteiger partial charge on any atom is -0.323 e. The van der Waals surface area contributed by atoms with E-state index in [0.717, 1.165) is 5.56 Å². The van der Waals surface area contributed by atoms with Crippen molar-refractivity contribution < 1.29 is 0 Å². The van der Waals surface area contributed by atoms with Crippen LogP contribution in [0.3, 0.4) is 0 Å². The molecular formula is C10H12N2S. The van der Waals surface area contributed by atoms with Crippen LogP contribution in [0.1, 0.15) is 18.0 Å². The van der Waals surface area contributed by atoms with Gasteiger partial charge in [0.2, 0.25) is 0 Å². The number of rotatable bonds is 3. The number of hydrogen-bond acceptors (Lipinski definition) is 3. The predicted molar refractivity (Wildman–Crippen MR) is 55.4 cm³/mol. The Kier molecular flexibility index (Phi) is 3.81. The van der Waals surface area contributed by atoms with E-state index < -0.39 is 0 Å². The molecule has 2 nitrogen and oxygen atoms in total. The minimum absolute atomic E-state index is 0.152. The van der Waals surface area contributed by atoms with Gasteiger partial charge in [-0.3, -0.25) is 0 Å². The van der Waals surface area contributed by atoms with Crippen LogP contribution in [0.5, 0.6) is 0 Å². The van der Waals surface area contributed by atoms with Gasteiger partial charge in [-0.2, -0.15) is 5.26 Å². The molecule has 0 aromatic heterocycles. The van der Waals surface area contributed by atoms with E-state index in [1.807, 2.05) is 30.5 Å². The Bertz CT molecular complexity index is 300. The lowest BCUT2D eigenvalue weighted by atomic mass is 10.1. The summed E-state index contributed by atoms with van der Waals surface area (Å²) in [5.74, 6) is 0. The highest BCUT2D eigenvalue weighted by Gasteiger charge is 2.03. The van der Waals surface area contributed by atoms with E-state index in [9.17, 15) is 0 Å². The molecule has 0 saturated carbocycles. The molecule has 0 aliphatic rings. The van der Waals surface area contributed by atoms with Crippen LogP contribution in [0.15, 0.2) is 29.2 Å². The summed E-state index contributed by atoms with van der Waals surface area (Å²) in [6, 6.07) is 9.92. The van der Waals surface area contributed by atoms with Crippen molar-refractivity contribution in [3.63, 3.8) is 0 Å². The second kappa shape index (κ2) is 4.90. The maximum absolute atomic E-state index is 8.46. The molecule has 1 aromatic carbocycles. The molecule has 1 atom stereocenters. The summed E-state index contributed by atoms with van der Waals surface area (Å²) in [6.45, 7) is 0. The Morgan fingerprint density at radius 2 is 2.08 bits per heavy atom. The topological polar surface area (TPSA) is 49.8 Å². The van der Waals surface area contributed by atoms with Crippen molar-refractivity contribution in [3.05, 3.63) is 29.8 Å². The molecule has 0 amide bonds. The zero-order valence-corrected chi connectivity index (χ0v) is 8.34. The predicted octanol–water partition coefficient (Wildman–Crippen LogP) is 2.32. The molecule has 2 N–H and O–H groups in total. The largest absolute Gasteiger partial charge is 0.323 e. The zero-order valence-electron chi connectivity index (χ0n) is 7.53. The van der Waals surface area contributed by atoms with Gasteiger partial charge in [0.05, 0.1) is 12.5 Å². The highest BCUT2D eigenvalue weighted by atomic mass is 32.2. The van der Waals surface area contributed by atoms with Gasteiger partial charge in [0, 0.05) is 10.9 Å². The second-order valence-corrected chi connectivity index (χ2v) is 3.62. The summed E-state index contributed by atoms with van der Waals surface area (Å²) in [6.07, 6.45) is 2.41. The van der Waals surface area contributed by atoms with E-state index in [1.54, 1.807) is 11.8 Å². The molecule has 3 heteroatoms. The van der Waals surface area contributed by atoms with Crippen molar-refractivity contribution in [2.75, 3.05) is 6.26 Å². The molecule has 0 bridgehead atoms. The van der Waals surface area contributed by atoms with Gasteiger partial charge in [-0.25, -0.2) is 0 Å². The van der Waals surface area contributed by atoms with E-state index in [0.29, 0.717) is 6.42 Å². The first-order valence-corrected chi connectivity index (χ1v) is 5.27. The van der Waals surface area contributed by atoms with Crippen molar-refractivity contribution in [2.45, 2.75) is 17.4 Å². The van der Waals surface area contributed by atoms with Crippen LogP contribution in [-0.2, 0) is 0 Å². The van der Waals surface area contributed by atoms with Crippen LogP contribution < -0.4 is 5.73 Å². The molecule has 1 rings (SSSR count). The number of hydrogen-bond donors (Lipinski definition) is 1. The number of thioether (sulfide) groups is 1. The average molecular weight is 192 g/mol. The number of benzene rings is 1. The molecule has 0 aliphatic heterocycles. The zero-order chi connectivity index (χ0) is 9.68. The lowest BCUT2D eigenvalue weighted by Gasteiger charge is -2.07. The Hall–Kier alpha value is -0.980. The molecule has 0 heterocycles. The van der Waals surface area contributed by atoms with Crippen molar-refractivity contribution in [3.8, 4) is 6.07 Å². The first-order chi connectivity index (χ1) is 6.27. The fourth-order valence-corrected chi connectivity index (χ4v) is 1.48. The summed E-state index contributed by atoms with van der Waals surface area (Å²) < 4.78 is 0. The van der Waals surface area contributed by atoms with Crippen LogP contribution in [0.4, 0.5) is 0 Å². The summed E-state index contributed by atoms with van der Waals surface area (Å²) in [5, 5.41) is 8.46. The van der Waals surface area contributed by atoms with E-state index in [-0.39, 0.29) is 6.04 Å². The first kappa shape index (κ1) is 10.1. The summed E-state index contributed by atoms with van der Waals surface area (Å²) in [7, 11) is 0. The summed E-state index contributed by atoms with van der Waals surface area (Å²) >= 11 is 1.70. The van der Waals surface area contributed by atoms with Crippen LogP contribution >= 0.6 is 11.8 Å². The smallest absolute Gasteiger partial charge is 0.0641 e. The second-order valence-electron chi connectivity index (χ2n) is 2.74. The Morgan fingerprint density at radius 1 is 1.46 bits per heavy atom. The van der Waals surface area contributed by atoms with Crippen LogP contribution in [0.25, 0.3) is 0 Å². The van der Waals surface area contributed by atoms with Crippen LogP contribution in [0.2, 0.25) is 0 Å². The van der Waals surface area contributed by atoms with E-state index in [1.165, 1.54) is 4.90 Å². The molecule has 13 heavy (non-hydrogen) atoms. The quantitative estimate of drug-likeness (QED) is 0.748. The lowest BCUT2D eigenvalue weighted by Crippen LogP contribution is -2.08. The highest BCUT2D eigenvalue weighted by molar-refractivity contribution is 7.98. The molecule has 1 unspecified atom stereocenters. The van der Waals surface area contributed by atoms with Crippen LogP contribution in [0, 0.1) is 11.3 Å².